The van der Waals surface area contributed by atoms with Crippen molar-refractivity contribution in [2.75, 3.05) is 0 Å². The van der Waals surface area contributed by atoms with Crippen LogP contribution in [0.25, 0.3) is 0 Å². The third kappa shape index (κ3) is 5.72. The number of hydrogen-bond donors (Lipinski definition) is 2. The first-order valence-corrected chi connectivity index (χ1v) is 12.2. The smallest absolute Gasteiger partial charge is 0.392 e. The fourth-order valence-corrected chi connectivity index (χ4v) is 6.34. The van der Waals surface area contributed by atoms with E-state index < -0.39 is 30.1 Å². The molecule has 4 unspecified atom stereocenters. The minimum atomic E-state index is -4.20. The molecule has 1 aromatic rings. The number of alkyl halides is 3. The summed E-state index contributed by atoms with van der Waals surface area (Å²) in [7, 11) is 0. The summed E-state index contributed by atoms with van der Waals surface area (Å²) in [5, 5.41) is 19.6. The zero-order chi connectivity index (χ0) is 22.6. The van der Waals surface area contributed by atoms with Crippen LogP contribution in [-0.2, 0) is 6.42 Å². The number of aliphatic hydroxyl groups is 1. The molecule has 3 rings (SSSR count). The van der Waals surface area contributed by atoms with Gasteiger partial charge in [0.05, 0.1) is 12.0 Å². The van der Waals surface area contributed by atoms with E-state index in [1.54, 1.807) is 24.3 Å². The topological polar surface area (TPSA) is 57.5 Å². The van der Waals surface area contributed by atoms with E-state index in [2.05, 4.69) is 6.92 Å². The van der Waals surface area contributed by atoms with Crippen molar-refractivity contribution in [2.24, 2.45) is 23.2 Å². The van der Waals surface area contributed by atoms with Crippen molar-refractivity contribution >= 4 is 17.3 Å². The van der Waals surface area contributed by atoms with E-state index in [9.17, 15) is 23.1 Å². The fraction of sp³-hybridized carbons (Fsp3) is 0.708. The van der Waals surface area contributed by atoms with E-state index in [-0.39, 0.29) is 17.8 Å². The molecule has 1 aromatic heterocycles. The van der Waals surface area contributed by atoms with Crippen LogP contribution in [0.5, 0.6) is 0 Å². The Morgan fingerprint density at radius 1 is 1.32 bits per heavy atom. The molecule has 1 heterocycles. The molecule has 2 aliphatic rings. The Kier molecular flexibility index (Phi) is 7.90. The van der Waals surface area contributed by atoms with Gasteiger partial charge in [-0.2, -0.15) is 13.2 Å². The van der Waals surface area contributed by atoms with E-state index in [0.29, 0.717) is 30.6 Å². The molecule has 0 bridgehead atoms. The molecule has 0 aromatic carbocycles. The van der Waals surface area contributed by atoms with Crippen LogP contribution < -0.4 is 0 Å². The van der Waals surface area contributed by atoms with Gasteiger partial charge in [-0.25, -0.2) is 4.79 Å². The molecule has 31 heavy (non-hydrogen) atoms. The van der Waals surface area contributed by atoms with Crippen LogP contribution >= 0.6 is 11.3 Å². The van der Waals surface area contributed by atoms with Gasteiger partial charge in [-0.3, -0.25) is 0 Å². The van der Waals surface area contributed by atoms with E-state index in [1.807, 2.05) is 0 Å². The second-order valence-corrected chi connectivity index (χ2v) is 10.4. The molecule has 0 aliphatic heterocycles. The van der Waals surface area contributed by atoms with Crippen molar-refractivity contribution in [1.82, 2.24) is 0 Å². The highest BCUT2D eigenvalue weighted by Gasteiger charge is 2.49. The Balaban J connectivity index is 1.58. The van der Waals surface area contributed by atoms with Crippen molar-refractivity contribution in [1.29, 1.82) is 0 Å². The number of rotatable bonds is 10. The normalized spacial score (nSPS) is 26.8. The number of allylic oxidation sites excluding steroid dienone is 1. The molecule has 3 nitrogen and oxygen atoms in total. The number of aliphatic hydroxyl groups excluding tert-OH is 1. The Bertz CT molecular complexity index is 761. The van der Waals surface area contributed by atoms with Gasteiger partial charge in [-0.05, 0) is 87.2 Å². The zero-order valence-electron chi connectivity index (χ0n) is 18.0. The fourth-order valence-electron chi connectivity index (χ4n) is 5.45. The largest absolute Gasteiger partial charge is 0.477 e. The second-order valence-electron chi connectivity index (χ2n) is 9.28. The van der Waals surface area contributed by atoms with Gasteiger partial charge >= 0.3 is 12.1 Å². The summed E-state index contributed by atoms with van der Waals surface area (Å²) in [5.74, 6) is -2.82. The summed E-state index contributed by atoms with van der Waals surface area (Å²) in [5.41, 5.74) is -0.0433. The minimum Gasteiger partial charge on any atom is -0.477 e. The Hall–Kier alpha value is -1.34. The van der Waals surface area contributed by atoms with Crippen molar-refractivity contribution in [3.8, 4) is 0 Å². The van der Waals surface area contributed by atoms with Crippen molar-refractivity contribution < 1.29 is 28.2 Å². The van der Waals surface area contributed by atoms with Crippen LogP contribution in [0.15, 0.2) is 24.3 Å². The Morgan fingerprint density at radius 3 is 2.61 bits per heavy atom. The molecule has 0 amide bonds. The van der Waals surface area contributed by atoms with Crippen LogP contribution in [0.4, 0.5) is 13.2 Å². The Morgan fingerprint density at radius 2 is 2.06 bits per heavy atom. The summed E-state index contributed by atoms with van der Waals surface area (Å²) < 4.78 is 40.8. The van der Waals surface area contributed by atoms with Crippen molar-refractivity contribution in [2.45, 2.75) is 83.4 Å². The predicted molar refractivity (Wildman–Crippen MR) is 116 cm³/mol. The number of thiophene rings is 1. The molecule has 0 spiro atoms. The highest BCUT2D eigenvalue weighted by molar-refractivity contribution is 7.13. The number of aromatic carboxylic acids is 1. The minimum absolute atomic E-state index is 0.0252. The van der Waals surface area contributed by atoms with Crippen LogP contribution in [0.1, 0.15) is 79.3 Å². The first kappa shape index (κ1) is 24.3. The molecule has 7 heteroatoms. The first-order valence-electron chi connectivity index (χ1n) is 11.4. The maximum Gasteiger partial charge on any atom is 0.392 e. The number of hydrogen-bond acceptors (Lipinski definition) is 3. The standard InChI is InChI=1S/C24H33F3O3S/c1-2-23(14-5-15-23)21(28)9-4-8-18-16(10-12-19(18)24(25,26)27)6-3-7-17-11-13-20(31-17)22(29)30/h4,8,11,13,16,18-19,21,28H,2-3,5-7,9-10,12,14-15H2,1H3,(H,29,30)/b8-4+. The molecule has 2 fully saturated rings. The van der Waals surface area contributed by atoms with E-state index in [1.165, 1.54) is 11.3 Å². The molecule has 2 aliphatic carbocycles. The van der Waals surface area contributed by atoms with Gasteiger partial charge in [0.1, 0.15) is 4.88 Å². The number of aryl methyl sites for hydroxylation is 1. The summed E-state index contributed by atoms with van der Waals surface area (Å²) in [6, 6.07) is 3.38. The number of halogens is 3. The third-order valence-corrected chi connectivity index (χ3v) is 8.76. The monoisotopic (exact) mass is 458 g/mol. The van der Waals surface area contributed by atoms with Gasteiger partial charge in [0, 0.05) is 4.88 Å². The zero-order valence-corrected chi connectivity index (χ0v) is 18.9. The lowest BCUT2D eigenvalue weighted by Gasteiger charge is -2.45. The van der Waals surface area contributed by atoms with Gasteiger partial charge in [0.25, 0.3) is 0 Å². The Labute approximate surface area is 186 Å². The lowest BCUT2D eigenvalue weighted by Crippen LogP contribution is -2.40. The summed E-state index contributed by atoms with van der Waals surface area (Å²) >= 11 is 1.24. The van der Waals surface area contributed by atoms with E-state index in [0.717, 1.165) is 37.0 Å². The maximum absolute atomic E-state index is 13.6. The lowest BCUT2D eigenvalue weighted by atomic mass is 9.63. The highest BCUT2D eigenvalue weighted by Crippen LogP contribution is 2.50. The van der Waals surface area contributed by atoms with Gasteiger partial charge in [0.2, 0.25) is 0 Å². The first-order chi connectivity index (χ1) is 14.7. The van der Waals surface area contributed by atoms with Gasteiger partial charge < -0.3 is 10.2 Å². The van der Waals surface area contributed by atoms with E-state index in [4.69, 9.17) is 5.11 Å². The molecule has 2 N–H and O–H groups in total. The quantitative estimate of drug-likeness (QED) is 0.377. The maximum atomic E-state index is 13.6. The second kappa shape index (κ2) is 10.1. The number of carboxylic acid groups (broad SMARTS) is 1. The van der Waals surface area contributed by atoms with Crippen LogP contribution in [0, 0.1) is 23.2 Å². The van der Waals surface area contributed by atoms with Crippen LogP contribution in [0.2, 0.25) is 0 Å². The average Bonchev–Trinajstić information content (AvgIpc) is 3.29. The van der Waals surface area contributed by atoms with Gasteiger partial charge in [0.15, 0.2) is 0 Å². The van der Waals surface area contributed by atoms with E-state index >= 15 is 0 Å². The van der Waals surface area contributed by atoms with Gasteiger partial charge in [-0.15, -0.1) is 11.3 Å². The number of carbonyl (C=O) groups is 1. The highest BCUT2D eigenvalue weighted by atomic mass is 32.1. The van der Waals surface area contributed by atoms with Crippen molar-refractivity contribution in [3.05, 3.63) is 34.0 Å². The van der Waals surface area contributed by atoms with Gasteiger partial charge in [-0.1, -0.05) is 25.5 Å². The molecular formula is C24H33F3O3S. The van der Waals surface area contributed by atoms with Crippen molar-refractivity contribution in [3.63, 3.8) is 0 Å². The van der Waals surface area contributed by atoms with Crippen LogP contribution in [-0.4, -0.2) is 28.5 Å². The lowest BCUT2D eigenvalue weighted by molar-refractivity contribution is -0.181. The summed E-state index contributed by atoms with van der Waals surface area (Å²) in [6.07, 6.45) is 6.16. The van der Waals surface area contributed by atoms with Crippen LogP contribution in [0.3, 0.4) is 0 Å². The predicted octanol–water partition coefficient (Wildman–Crippen LogP) is 6.86. The summed E-state index contributed by atoms with van der Waals surface area (Å²) in [4.78, 5) is 12.3. The molecule has 174 valence electrons. The summed E-state index contributed by atoms with van der Waals surface area (Å²) in [6.45, 7) is 2.08. The molecular weight excluding hydrogens is 425 g/mol. The molecule has 0 radical (unpaired) electrons. The molecule has 2 saturated carbocycles. The third-order valence-electron chi connectivity index (χ3n) is 7.63. The number of carboxylic acids is 1. The molecule has 4 atom stereocenters. The average molecular weight is 459 g/mol. The molecule has 0 saturated heterocycles. The SMILES string of the molecule is CCC1(C(O)C/C=C/C2C(CCCc3ccc(C(=O)O)s3)CCC2C(F)(F)F)CCC1.